The Bertz CT molecular complexity index is 6350. The number of imidazole rings is 4. The summed E-state index contributed by atoms with van der Waals surface area (Å²) >= 11 is 1.59. The Balaban J connectivity index is 0.612. The number of phosphoric acid groups is 5. The number of halogens is 1. The number of aromatic amines is 4. The lowest BCUT2D eigenvalue weighted by Crippen LogP contribution is -2.33. The minimum atomic E-state index is -5.64. The first-order valence-corrected chi connectivity index (χ1v) is 44.8. The highest BCUT2D eigenvalue weighted by Crippen LogP contribution is 2.57. The van der Waals surface area contributed by atoms with E-state index in [9.17, 15) is 86.3 Å². The van der Waals surface area contributed by atoms with Gasteiger partial charge in [0, 0.05) is 50.9 Å². The van der Waals surface area contributed by atoms with Gasteiger partial charge < -0.3 is 91.8 Å². The summed E-state index contributed by atoms with van der Waals surface area (Å²) in [6.07, 6.45) is -21.7. The molecular weight excluding hydrogens is 1870 g/mol. The number of nitrogens with two attached hydrogens (primary N) is 5. The Hall–Kier alpha value is -8.88. The van der Waals surface area contributed by atoms with Crippen molar-refractivity contribution in [3.63, 3.8) is 0 Å². The normalized spacial score (nSPS) is 29.3. The van der Waals surface area contributed by atoms with Crippen LogP contribution in [0.1, 0.15) is 75.9 Å². The molecule has 664 valence electrons. The lowest BCUT2D eigenvalue weighted by atomic mass is 10.2. The van der Waals surface area contributed by atoms with Crippen molar-refractivity contribution in [3.05, 3.63) is 116 Å². The Morgan fingerprint density at radius 3 is 1.13 bits per heavy atom. The molecule has 0 radical (unpaired) electrons. The van der Waals surface area contributed by atoms with Crippen LogP contribution < -0.4 is 62.3 Å². The highest BCUT2D eigenvalue weighted by molar-refractivity contribution is 14.1. The monoisotopic (exact) mass is 1940 g/mol. The smallest absolute Gasteiger partial charge is 0.394 e. The molecule has 16 heterocycles. The van der Waals surface area contributed by atoms with Crippen LogP contribution in [0.2, 0.25) is 0 Å². The maximum Gasteiger partial charge on any atom is 0.472 e. The molecule has 6 saturated heterocycles. The molecule has 65 heteroatoms. The first-order chi connectivity index (χ1) is 58.3. The average Bonchev–Trinajstić information content (AvgIpc) is 1.64. The second kappa shape index (κ2) is 34.5. The van der Waals surface area contributed by atoms with E-state index in [1.807, 2.05) is 0 Å². The quantitative estimate of drug-likeness (QED) is 0.0149. The van der Waals surface area contributed by atoms with Crippen molar-refractivity contribution in [1.29, 1.82) is 0 Å². The van der Waals surface area contributed by atoms with Gasteiger partial charge in [0.15, 0.2) is 45.0 Å². The molecule has 0 aliphatic carbocycles. The molecule has 59 nitrogen and oxygen atoms in total. The fourth-order valence-electron chi connectivity index (χ4n) is 14.4. The molecule has 0 amide bonds. The van der Waals surface area contributed by atoms with Crippen LogP contribution in [-0.4, -0.2) is 245 Å². The van der Waals surface area contributed by atoms with Gasteiger partial charge >= 0.3 is 50.5 Å². The van der Waals surface area contributed by atoms with Crippen LogP contribution >= 0.6 is 61.7 Å². The summed E-state index contributed by atoms with van der Waals surface area (Å²) in [6, 6.07) is 1.29. The lowest BCUT2D eigenvalue weighted by molar-refractivity contribution is -0.0646. The molecule has 0 spiro atoms. The topological polar surface area (TPSA) is 829 Å². The third-order valence-electron chi connectivity index (χ3n) is 20.0. The van der Waals surface area contributed by atoms with E-state index in [2.05, 4.69) is 69.8 Å². The van der Waals surface area contributed by atoms with E-state index in [0.717, 1.165) is 34.3 Å². The third-order valence-corrected chi connectivity index (χ3v) is 25.8. The van der Waals surface area contributed by atoms with Gasteiger partial charge in [0.2, 0.25) is 17.8 Å². The zero-order chi connectivity index (χ0) is 87.3. The molecule has 6 aliphatic heterocycles. The SMILES string of the molecule is Nc1ccn([C@H]2C[C@H](O)[C@@H](COP(=O)(O)O[C@H]3C[C@H](n4cnc5c(=O)[nH]c(N)nc54)O[C@@H]3COP(=O)(O)O[C@H]3C[C@H](n4cc(I)c(=O)[nH]c4=O)O[C@@H]3COP(=O)(O)O[C@H]3C[C@H](n4cnc5c(N)ncnc54)O[C@@H]3COP(=O)(O)O[C@H]3C[C@H](n4cnc5c(=O)[nH]c(N)nc54)O[C@@H]3COP(=O)(O)O[C@H]3C[C@H](n4cnc5c(=O)[nH]c(N)nc54)O[C@@H]3CO)O2)c(=O)n1. The van der Waals surface area contributed by atoms with Crippen LogP contribution in [0.5, 0.6) is 0 Å². The standard InChI is InChI=1S/C58H71IN25O34P5/c59-21-9-80(58(92)78-50(21)87)36-5-24(115-121(97,98)107-15-33-26(7-39(113-33)83-19-69-43-48(83)73-55(63)76-52(43)89)116-119(93,94)103-11-29-22(86)3-35(109-29)79-2-1-34(60)71-57(79)91)30(110-36)12-105-122(99,100)117-25-6-37(81-17-67-41-45(61)65-16-66-46(41)81)111-31(25)13-106-123(101,102)118-27-8-40(84-20-70-44-49(84)74-56(64)77-53(44)90)112-32(27)14-104-120(95,96)114-23-4-38(108-28(23)10-85)82-18-68-42-47(82)72-54(62)75-51(42)88/h1-2,9,16-20,22-33,35-40,85-86H,3-8,10-15H2,(H,93,94)(H,95,96)(H,97,98)(H,99,100)(H,101,102)(H2,60,71,91)(H2,61,65,66)(H,78,87,92)(H3,62,72,75,88)(H3,63,73,76,89)(H3,64,74,77,90)/t22-,23-,24-,25-,26-,27-,28+,29+,30+,31+,32+,33+,35+,36+,37+,38+,39+,40+/m0/s1. The lowest BCUT2D eigenvalue weighted by Gasteiger charge is -2.26. The number of hydrogen-bond donors (Lipinski definition) is 16. The molecule has 10 aromatic rings. The van der Waals surface area contributed by atoms with Crippen molar-refractivity contribution in [2.24, 2.45) is 0 Å². The van der Waals surface area contributed by atoms with Crippen LogP contribution in [0.3, 0.4) is 0 Å². The Labute approximate surface area is 694 Å². The predicted molar refractivity (Wildman–Crippen MR) is 412 cm³/mol. The molecule has 16 rings (SSSR count). The summed E-state index contributed by atoms with van der Waals surface area (Å²) < 4.78 is 170. The summed E-state index contributed by atoms with van der Waals surface area (Å²) in [5.41, 5.74) is 23.3. The fraction of sp³-hybridized carbons (Fsp3) is 0.517. The highest BCUT2D eigenvalue weighted by Gasteiger charge is 2.52. The zero-order valence-corrected chi connectivity index (χ0v) is 68.9. The number of rotatable bonds is 32. The number of aliphatic hydroxyl groups is 2. The van der Waals surface area contributed by atoms with Crippen molar-refractivity contribution in [2.45, 2.75) is 149 Å². The van der Waals surface area contributed by atoms with Crippen LogP contribution in [0.15, 0.2) is 78.9 Å². The van der Waals surface area contributed by atoms with Gasteiger partial charge in [-0.3, -0.25) is 112 Å². The summed E-state index contributed by atoms with van der Waals surface area (Å²) in [7, 11) is -27.5. The van der Waals surface area contributed by atoms with Gasteiger partial charge in [-0.2, -0.15) is 19.9 Å². The number of ether oxygens (including phenoxy) is 6. The Kier molecular flexibility index (Phi) is 24.5. The number of aliphatic hydroxyl groups excluding tert-OH is 2. The molecule has 23 atom stereocenters. The van der Waals surface area contributed by atoms with Crippen molar-refractivity contribution in [3.8, 4) is 0 Å². The van der Waals surface area contributed by atoms with E-state index in [1.54, 1.807) is 22.6 Å². The number of fused-ring (bicyclic) bond motifs is 4. The Morgan fingerprint density at radius 1 is 0.415 bits per heavy atom. The average molecular weight is 1940 g/mol. The fourth-order valence-corrected chi connectivity index (χ4v) is 19.7. The summed E-state index contributed by atoms with van der Waals surface area (Å²) in [6.45, 7) is -5.92. The molecule has 123 heavy (non-hydrogen) atoms. The van der Waals surface area contributed by atoms with Crippen molar-refractivity contribution in [2.75, 3.05) is 68.3 Å². The first-order valence-electron chi connectivity index (χ1n) is 36.2. The van der Waals surface area contributed by atoms with E-state index in [-0.39, 0.29) is 90.5 Å². The van der Waals surface area contributed by atoms with Gasteiger partial charge in [0.1, 0.15) is 122 Å². The van der Waals surface area contributed by atoms with Gasteiger partial charge in [0.05, 0.1) is 74.6 Å². The molecule has 0 bridgehead atoms. The van der Waals surface area contributed by atoms with E-state index in [1.165, 1.54) is 43.2 Å². The molecule has 21 N–H and O–H groups in total. The van der Waals surface area contributed by atoms with Gasteiger partial charge in [-0.05, 0) is 28.7 Å². The van der Waals surface area contributed by atoms with Gasteiger partial charge in [0.25, 0.3) is 22.2 Å². The summed E-state index contributed by atoms with van der Waals surface area (Å²) in [4.78, 5) is 184. The van der Waals surface area contributed by atoms with Gasteiger partial charge in [-0.1, -0.05) is 0 Å². The molecule has 10 aromatic heterocycles. The molecule has 6 aliphatic rings. The predicted octanol–water partition coefficient (Wildman–Crippen LogP) is -2.86. The number of anilines is 5. The number of nitrogens with zero attached hydrogens (tertiary/aromatic N) is 16. The summed E-state index contributed by atoms with van der Waals surface area (Å²) in [5, 5.41) is 21.2. The first kappa shape index (κ1) is 87.6. The number of hydrogen-bond acceptors (Lipinski definition) is 44. The maximum atomic E-state index is 14.5. The summed E-state index contributed by atoms with van der Waals surface area (Å²) in [5.74, 6) is -1.19. The molecular formula is C58H71IN25O34P5. The van der Waals surface area contributed by atoms with Crippen molar-refractivity contribution in [1.82, 2.24) is 97.2 Å². The Morgan fingerprint density at radius 2 is 0.748 bits per heavy atom. The highest BCUT2D eigenvalue weighted by atomic mass is 127. The number of nitrogens with one attached hydrogen (secondary N) is 4. The molecule has 5 unspecified atom stereocenters. The second-order valence-corrected chi connectivity index (χ2v) is 36.3. The number of aromatic nitrogens is 20. The van der Waals surface area contributed by atoms with Crippen LogP contribution in [0.4, 0.5) is 29.5 Å². The van der Waals surface area contributed by atoms with Gasteiger partial charge in [-0.15, -0.1) is 0 Å². The largest absolute Gasteiger partial charge is 0.472 e. The van der Waals surface area contributed by atoms with E-state index in [0.29, 0.717) is 0 Å². The van der Waals surface area contributed by atoms with Crippen LogP contribution in [0.25, 0.3) is 44.7 Å². The molecule has 6 fully saturated rings. The third kappa shape index (κ3) is 19.0. The van der Waals surface area contributed by atoms with Crippen LogP contribution in [-0.2, 0) is 96.5 Å². The van der Waals surface area contributed by atoms with E-state index < -0.39 is 249 Å². The van der Waals surface area contributed by atoms with Crippen molar-refractivity contribution >= 4 is 136 Å². The van der Waals surface area contributed by atoms with Crippen molar-refractivity contribution < 1.29 is 131 Å². The van der Waals surface area contributed by atoms with E-state index >= 15 is 0 Å². The minimum Gasteiger partial charge on any atom is -0.394 e. The number of phosphoric ester groups is 5. The number of H-pyrrole nitrogens is 4. The molecule has 0 aromatic carbocycles. The number of nitrogen functional groups attached to an aromatic ring is 5. The molecule has 0 saturated carbocycles. The van der Waals surface area contributed by atoms with E-state index in [4.69, 9.17) is 102 Å². The second-order valence-electron chi connectivity index (χ2n) is 28.1. The van der Waals surface area contributed by atoms with Gasteiger partial charge in [-0.25, -0.2) is 62.3 Å². The minimum absolute atomic E-state index is 0.0369. The maximum absolute atomic E-state index is 14.5. The zero-order valence-electron chi connectivity index (χ0n) is 62.3. The van der Waals surface area contributed by atoms with Crippen LogP contribution in [0, 0.1) is 3.57 Å².